The second kappa shape index (κ2) is 8.18. The lowest BCUT2D eigenvalue weighted by atomic mass is 9.73. The predicted molar refractivity (Wildman–Crippen MR) is 97.3 cm³/mol. The predicted octanol–water partition coefficient (Wildman–Crippen LogP) is 7.45. The van der Waals surface area contributed by atoms with Crippen molar-refractivity contribution in [3.63, 3.8) is 0 Å². The molecule has 0 aliphatic heterocycles. The van der Waals surface area contributed by atoms with Crippen LogP contribution in [0.3, 0.4) is 0 Å². The molecule has 0 atom stereocenters. The second-order valence-electron chi connectivity index (χ2n) is 8.32. The van der Waals surface area contributed by atoms with Gasteiger partial charge in [0.1, 0.15) is 5.75 Å². The van der Waals surface area contributed by atoms with Gasteiger partial charge >= 0.3 is 6.11 Å². The Morgan fingerprint density at radius 2 is 1.50 bits per heavy atom. The molecule has 2 saturated carbocycles. The largest absolute Gasteiger partial charge is 0.432 e. The van der Waals surface area contributed by atoms with Crippen LogP contribution in [0.15, 0.2) is 18.2 Å². The fraction of sp³-hybridized carbons (Fsp3) is 0.714. The molecule has 3 rings (SSSR count). The van der Waals surface area contributed by atoms with E-state index in [1.807, 2.05) is 0 Å². The molecule has 0 saturated heterocycles. The SMILES string of the molecule is CC1CCC(CC2CCC(C(F)(F)Oc3ccc(F)c(F)c3)CC2)CC1.[HH].[HH]. The summed E-state index contributed by atoms with van der Waals surface area (Å²) < 4.78 is 59.7. The molecule has 5 heteroatoms. The zero-order valence-corrected chi connectivity index (χ0v) is 15.3. The molecule has 0 spiro atoms. The van der Waals surface area contributed by atoms with Gasteiger partial charge in [0.15, 0.2) is 11.6 Å². The van der Waals surface area contributed by atoms with Crippen LogP contribution in [0.2, 0.25) is 0 Å². The van der Waals surface area contributed by atoms with Crippen molar-refractivity contribution in [3.05, 3.63) is 29.8 Å². The minimum absolute atomic E-state index is 0. The summed E-state index contributed by atoms with van der Waals surface area (Å²) in [5.74, 6) is -1.32. The van der Waals surface area contributed by atoms with Crippen LogP contribution in [-0.2, 0) is 0 Å². The molecule has 26 heavy (non-hydrogen) atoms. The van der Waals surface area contributed by atoms with Crippen molar-refractivity contribution < 1.29 is 25.2 Å². The number of hydrogen-bond acceptors (Lipinski definition) is 1. The van der Waals surface area contributed by atoms with E-state index in [-0.39, 0.29) is 8.60 Å². The van der Waals surface area contributed by atoms with Gasteiger partial charge in [0.05, 0.1) is 5.92 Å². The van der Waals surface area contributed by atoms with Gasteiger partial charge in [0.2, 0.25) is 0 Å². The zero-order chi connectivity index (χ0) is 18.7. The van der Waals surface area contributed by atoms with E-state index in [2.05, 4.69) is 6.92 Å². The van der Waals surface area contributed by atoms with Crippen molar-refractivity contribution in [2.24, 2.45) is 23.7 Å². The van der Waals surface area contributed by atoms with E-state index >= 15 is 0 Å². The number of rotatable bonds is 5. The van der Waals surface area contributed by atoms with Gasteiger partial charge in [-0.2, -0.15) is 8.78 Å². The first-order chi connectivity index (χ1) is 12.3. The molecule has 1 aromatic carbocycles. The highest BCUT2D eigenvalue weighted by Gasteiger charge is 2.44. The lowest BCUT2D eigenvalue weighted by Gasteiger charge is -2.35. The molecule has 0 heterocycles. The van der Waals surface area contributed by atoms with Crippen LogP contribution in [0.1, 0.15) is 67.6 Å². The van der Waals surface area contributed by atoms with E-state index in [1.54, 1.807) is 0 Å². The van der Waals surface area contributed by atoms with Gasteiger partial charge < -0.3 is 4.74 Å². The van der Waals surface area contributed by atoms with Crippen molar-refractivity contribution >= 4 is 0 Å². The third-order valence-corrected chi connectivity index (χ3v) is 6.27. The second-order valence-corrected chi connectivity index (χ2v) is 8.32. The van der Waals surface area contributed by atoms with Crippen molar-refractivity contribution in [2.45, 2.75) is 70.8 Å². The van der Waals surface area contributed by atoms with Gasteiger partial charge in [0, 0.05) is 8.92 Å². The molecule has 0 unspecified atom stereocenters. The number of halogens is 4. The van der Waals surface area contributed by atoms with E-state index in [0.29, 0.717) is 24.8 Å². The highest BCUT2D eigenvalue weighted by atomic mass is 19.3. The van der Waals surface area contributed by atoms with Crippen LogP contribution in [-0.4, -0.2) is 6.11 Å². The summed E-state index contributed by atoms with van der Waals surface area (Å²) in [6.45, 7) is 2.30. The topological polar surface area (TPSA) is 9.23 Å². The zero-order valence-electron chi connectivity index (χ0n) is 15.3. The van der Waals surface area contributed by atoms with Crippen LogP contribution in [0.25, 0.3) is 0 Å². The molecule has 150 valence electrons. The van der Waals surface area contributed by atoms with Crippen LogP contribution in [0.5, 0.6) is 5.75 Å². The average molecular weight is 376 g/mol. The lowest BCUT2D eigenvalue weighted by Crippen LogP contribution is -2.37. The summed E-state index contributed by atoms with van der Waals surface area (Å²) in [4.78, 5) is 0. The third-order valence-electron chi connectivity index (χ3n) is 6.27. The Morgan fingerprint density at radius 3 is 2.08 bits per heavy atom. The maximum Gasteiger partial charge on any atom is 0.400 e. The van der Waals surface area contributed by atoms with Crippen LogP contribution in [0, 0.1) is 35.3 Å². The number of benzene rings is 1. The minimum Gasteiger partial charge on any atom is -0.432 e. The van der Waals surface area contributed by atoms with Crippen molar-refractivity contribution in [2.75, 3.05) is 0 Å². The van der Waals surface area contributed by atoms with E-state index < -0.39 is 23.7 Å². The summed E-state index contributed by atoms with van der Waals surface area (Å²) in [6, 6.07) is 2.53. The van der Waals surface area contributed by atoms with Gasteiger partial charge in [-0.25, -0.2) is 8.78 Å². The molecular formula is C21H32F4O. The van der Waals surface area contributed by atoms with Crippen LogP contribution < -0.4 is 4.74 Å². The molecule has 0 amide bonds. The summed E-state index contributed by atoms with van der Waals surface area (Å²) >= 11 is 0. The van der Waals surface area contributed by atoms with Gasteiger partial charge in [0.25, 0.3) is 0 Å². The lowest BCUT2D eigenvalue weighted by molar-refractivity contribution is -0.223. The van der Waals surface area contributed by atoms with Crippen molar-refractivity contribution in [1.29, 1.82) is 0 Å². The third kappa shape index (κ3) is 4.92. The van der Waals surface area contributed by atoms with Crippen molar-refractivity contribution in [3.8, 4) is 5.75 Å². The highest BCUT2D eigenvalue weighted by molar-refractivity contribution is 5.24. The molecule has 2 aliphatic rings. The Labute approximate surface area is 156 Å². The standard InChI is InChI=1S/C21H28F4O.2H2/c1-14-2-4-15(5-3-14)12-16-6-8-17(9-7-16)21(24,25)26-18-10-11-19(22)20(23)13-18;;/h10-11,13-17H,2-9,12H2,1H3;2*1H. The van der Waals surface area contributed by atoms with Crippen LogP contribution in [0.4, 0.5) is 17.6 Å². The maximum atomic E-state index is 14.4. The molecule has 2 fully saturated rings. The van der Waals surface area contributed by atoms with E-state index in [0.717, 1.165) is 43.2 Å². The van der Waals surface area contributed by atoms with E-state index in [9.17, 15) is 17.6 Å². The molecule has 1 nitrogen and oxygen atoms in total. The van der Waals surface area contributed by atoms with E-state index in [4.69, 9.17) is 4.74 Å². The molecule has 0 N–H and O–H groups in total. The van der Waals surface area contributed by atoms with Gasteiger partial charge in [-0.15, -0.1) is 0 Å². The molecule has 2 aliphatic carbocycles. The molecule has 0 radical (unpaired) electrons. The smallest absolute Gasteiger partial charge is 0.400 e. The first kappa shape index (κ1) is 19.5. The fourth-order valence-electron chi connectivity index (χ4n) is 4.55. The highest BCUT2D eigenvalue weighted by Crippen LogP contribution is 2.43. The molecule has 0 bridgehead atoms. The summed E-state index contributed by atoms with van der Waals surface area (Å²) in [7, 11) is 0. The first-order valence-electron chi connectivity index (χ1n) is 9.85. The quantitative estimate of drug-likeness (QED) is 0.485. The number of ether oxygens (including phenoxy) is 1. The molecule has 1 aromatic rings. The Bertz CT molecular complexity index is 598. The average Bonchev–Trinajstić information content (AvgIpc) is 2.60. The molecular weight excluding hydrogens is 344 g/mol. The number of alkyl halides is 2. The summed E-state index contributed by atoms with van der Waals surface area (Å²) in [5, 5.41) is 0. The Kier molecular flexibility index (Phi) is 6.13. The first-order valence-corrected chi connectivity index (χ1v) is 9.85. The maximum absolute atomic E-state index is 14.4. The summed E-state index contributed by atoms with van der Waals surface area (Å²) in [6.07, 6.45) is 5.38. The minimum atomic E-state index is -3.35. The van der Waals surface area contributed by atoms with E-state index in [1.165, 1.54) is 25.7 Å². The van der Waals surface area contributed by atoms with Crippen LogP contribution >= 0.6 is 0 Å². The normalized spacial score (nSPS) is 30.2. The summed E-state index contributed by atoms with van der Waals surface area (Å²) in [5.41, 5.74) is 0. The Morgan fingerprint density at radius 1 is 0.923 bits per heavy atom. The van der Waals surface area contributed by atoms with Crippen molar-refractivity contribution in [1.82, 2.24) is 0 Å². The Hall–Kier alpha value is -1.26. The number of hydrogen-bond donors (Lipinski definition) is 0. The fourth-order valence-corrected chi connectivity index (χ4v) is 4.55. The molecule has 0 aromatic heterocycles. The Balaban J connectivity index is 0.00000196. The van der Waals surface area contributed by atoms with Gasteiger partial charge in [-0.3, -0.25) is 0 Å². The van der Waals surface area contributed by atoms with Gasteiger partial charge in [-0.1, -0.05) is 32.6 Å². The monoisotopic (exact) mass is 376 g/mol. The van der Waals surface area contributed by atoms with Gasteiger partial charge in [-0.05, 0) is 62.0 Å².